The minimum atomic E-state index is -1.11. The van der Waals surface area contributed by atoms with Gasteiger partial charge < -0.3 is 19.3 Å². The summed E-state index contributed by atoms with van der Waals surface area (Å²) in [6.07, 6.45) is -0.354. The first-order chi connectivity index (χ1) is 16.3. The van der Waals surface area contributed by atoms with Crippen LogP contribution in [-0.4, -0.2) is 38.3 Å². The molecule has 0 aliphatic carbocycles. The van der Waals surface area contributed by atoms with Gasteiger partial charge in [0.15, 0.2) is 11.9 Å². The van der Waals surface area contributed by atoms with Gasteiger partial charge in [0, 0.05) is 11.6 Å². The molecule has 1 aliphatic rings. The molecule has 2 aromatic carbocycles. The standard InChI is InChI=1S/C26H29N3O5/c1-26(2,3)21-15-29(28-27-21)14-20(30)22-23(32-16-18-10-6-4-7-11-18)24(25(31)34-22)33-17-19-12-8-5-9-13-19/h4-13,15,20,22,30H,14,16-17H2,1-3H3/t20-,22+/m0/s1. The number of cyclic esters (lactones) is 1. The van der Waals surface area contributed by atoms with E-state index in [4.69, 9.17) is 14.2 Å². The Morgan fingerprint density at radius 2 is 1.59 bits per heavy atom. The summed E-state index contributed by atoms with van der Waals surface area (Å²) in [6, 6.07) is 19.0. The van der Waals surface area contributed by atoms with E-state index < -0.39 is 18.2 Å². The zero-order valence-corrected chi connectivity index (χ0v) is 19.5. The van der Waals surface area contributed by atoms with E-state index in [1.807, 2.05) is 81.4 Å². The highest BCUT2D eigenvalue weighted by atomic mass is 16.6. The van der Waals surface area contributed by atoms with Crippen molar-refractivity contribution in [3.63, 3.8) is 0 Å². The predicted octanol–water partition coefficient (Wildman–Crippen LogP) is 3.51. The van der Waals surface area contributed by atoms with Gasteiger partial charge in [0.05, 0.1) is 12.2 Å². The SMILES string of the molecule is CC(C)(C)c1cn(C[C@H](O)[C@H]2OC(=O)C(OCc3ccccc3)=C2OCc2ccccc2)nn1. The molecule has 0 amide bonds. The first-order valence-electron chi connectivity index (χ1n) is 11.2. The Balaban J connectivity index is 1.54. The number of benzene rings is 2. The van der Waals surface area contributed by atoms with Crippen molar-refractivity contribution in [1.82, 2.24) is 15.0 Å². The molecule has 2 atom stereocenters. The van der Waals surface area contributed by atoms with Crippen LogP contribution in [0.4, 0.5) is 0 Å². The monoisotopic (exact) mass is 463 g/mol. The summed E-state index contributed by atoms with van der Waals surface area (Å²) in [5, 5.41) is 19.3. The van der Waals surface area contributed by atoms with Gasteiger partial charge in [0.25, 0.3) is 0 Å². The Morgan fingerprint density at radius 3 is 2.15 bits per heavy atom. The van der Waals surface area contributed by atoms with Gasteiger partial charge in [-0.2, -0.15) is 0 Å². The highest BCUT2D eigenvalue weighted by Crippen LogP contribution is 2.30. The van der Waals surface area contributed by atoms with Gasteiger partial charge in [-0.15, -0.1) is 5.10 Å². The summed E-state index contributed by atoms with van der Waals surface area (Å²) in [7, 11) is 0. The van der Waals surface area contributed by atoms with Gasteiger partial charge in [0.2, 0.25) is 5.76 Å². The largest absolute Gasteiger partial charge is 0.485 e. The molecule has 1 aliphatic heterocycles. The minimum Gasteiger partial charge on any atom is -0.485 e. The second kappa shape index (κ2) is 10.1. The normalized spacial score (nSPS) is 16.9. The quantitative estimate of drug-likeness (QED) is 0.485. The van der Waals surface area contributed by atoms with Crippen LogP contribution in [0.3, 0.4) is 0 Å². The third-order valence-electron chi connectivity index (χ3n) is 5.40. The van der Waals surface area contributed by atoms with E-state index in [1.165, 1.54) is 4.68 Å². The number of nitrogens with zero attached hydrogens (tertiary/aromatic N) is 3. The zero-order valence-electron chi connectivity index (χ0n) is 19.5. The molecule has 8 heteroatoms. The fourth-order valence-electron chi connectivity index (χ4n) is 3.47. The fraction of sp³-hybridized carbons (Fsp3) is 0.346. The Hall–Kier alpha value is -3.65. The van der Waals surface area contributed by atoms with Crippen LogP contribution in [0.1, 0.15) is 37.6 Å². The van der Waals surface area contributed by atoms with Crippen molar-refractivity contribution in [2.75, 3.05) is 0 Å². The summed E-state index contributed by atoms with van der Waals surface area (Å²) in [5.41, 5.74) is 2.43. The van der Waals surface area contributed by atoms with Crippen LogP contribution in [-0.2, 0) is 44.2 Å². The van der Waals surface area contributed by atoms with Crippen LogP contribution in [0, 0.1) is 0 Å². The van der Waals surface area contributed by atoms with Crippen molar-refractivity contribution in [3.8, 4) is 0 Å². The van der Waals surface area contributed by atoms with Crippen molar-refractivity contribution in [2.24, 2.45) is 0 Å². The predicted molar refractivity (Wildman–Crippen MR) is 124 cm³/mol. The van der Waals surface area contributed by atoms with E-state index >= 15 is 0 Å². The smallest absolute Gasteiger partial charge is 0.378 e. The fourth-order valence-corrected chi connectivity index (χ4v) is 3.47. The first-order valence-corrected chi connectivity index (χ1v) is 11.2. The molecule has 34 heavy (non-hydrogen) atoms. The number of carbonyl (C=O) groups is 1. The van der Waals surface area contributed by atoms with E-state index in [1.54, 1.807) is 6.20 Å². The van der Waals surface area contributed by atoms with Gasteiger partial charge in [-0.3, -0.25) is 0 Å². The highest BCUT2D eigenvalue weighted by Gasteiger charge is 2.42. The molecular weight excluding hydrogens is 434 g/mol. The second-order valence-electron chi connectivity index (χ2n) is 9.21. The molecule has 0 fully saturated rings. The van der Waals surface area contributed by atoms with Gasteiger partial charge in [-0.25, -0.2) is 9.48 Å². The summed E-state index contributed by atoms with van der Waals surface area (Å²) in [4.78, 5) is 12.7. The molecule has 0 unspecified atom stereocenters. The molecule has 0 saturated carbocycles. The molecule has 0 bridgehead atoms. The van der Waals surface area contributed by atoms with Crippen LogP contribution in [0.25, 0.3) is 0 Å². The lowest BCUT2D eigenvalue weighted by atomic mass is 9.93. The minimum absolute atomic E-state index is 0.0298. The third-order valence-corrected chi connectivity index (χ3v) is 5.40. The average Bonchev–Trinajstić information content (AvgIpc) is 3.42. The van der Waals surface area contributed by atoms with E-state index in [0.717, 1.165) is 16.8 Å². The van der Waals surface area contributed by atoms with Gasteiger partial charge in [-0.05, 0) is 11.1 Å². The van der Waals surface area contributed by atoms with Gasteiger partial charge in [0.1, 0.15) is 19.3 Å². The highest BCUT2D eigenvalue weighted by molar-refractivity contribution is 5.89. The number of aromatic nitrogens is 3. The van der Waals surface area contributed by atoms with E-state index in [0.29, 0.717) is 0 Å². The van der Waals surface area contributed by atoms with Crippen LogP contribution in [0.15, 0.2) is 78.4 Å². The second-order valence-corrected chi connectivity index (χ2v) is 9.21. The molecule has 8 nitrogen and oxygen atoms in total. The lowest BCUT2D eigenvalue weighted by Crippen LogP contribution is -2.33. The number of hydrogen-bond donors (Lipinski definition) is 1. The lowest BCUT2D eigenvalue weighted by Gasteiger charge is -2.20. The molecule has 178 valence electrons. The molecule has 0 radical (unpaired) electrons. The van der Waals surface area contributed by atoms with Crippen LogP contribution >= 0.6 is 0 Å². The van der Waals surface area contributed by atoms with Gasteiger partial charge in [-0.1, -0.05) is 86.6 Å². The Morgan fingerprint density at radius 1 is 1.00 bits per heavy atom. The molecule has 3 aromatic rings. The number of hydrogen-bond acceptors (Lipinski definition) is 7. The lowest BCUT2D eigenvalue weighted by molar-refractivity contribution is -0.148. The van der Waals surface area contributed by atoms with Crippen molar-refractivity contribution in [1.29, 1.82) is 0 Å². The molecule has 0 spiro atoms. The average molecular weight is 464 g/mol. The van der Waals surface area contributed by atoms with E-state index in [2.05, 4.69) is 10.3 Å². The van der Waals surface area contributed by atoms with Crippen LogP contribution < -0.4 is 0 Å². The van der Waals surface area contributed by atoms with Gasteiger partial charge >= 0.3 is 5.97 Å². The molecular formula is C26H29N3O5. The number of carbonyl (C=O) groups excluding carboxylic acids is 1. The Kier molecular flexibility index (Phi) is 6.98. The molecule has 2 heterocycles. The Labute approximate surface area is 198 Å². The van der Waals surface area contributed by atoms with E-state index in [-0.39, 0.29) is 36.7 Å². The number of aliphatic hydroxyl groups is 1. The van der Waals surface area contributed by atoms with Crippen molar-refractivity contribution in [2.45, 2.75) is 58.2 Å². The number of aliphatic hydroxyl groups excluding tert-OH is 1. The van der Waals surface area contributed by atoms with Crippen LogP contribution in [0.2, 0.25) is 0 Å². The van der Waals surface area contributed by atoms with Crippen molar-refractivity contribution < 1.29 is 24.1 Å². The molecule has 4 rings (SSSR count). The zero-order chi connectivity index (χ0) is 24.1. The summed E-state index contributed by atoms with van der Waals surface area (Å²) in [6.45, 7) is 6.54. The summed E-state index contributed by atoms with van der Waals surface area (Å²) >= 11 is 0. The maximum absolute atomic E-state index is 12.7. The molecule has 1 aromatic heterocycles. The van der Waals surface area contributed by atoms with Crippen molar-refractivity contribution >= 4 is 5.97 Å². The number of ether oxygens (including phenoxy) is 3. The summed E-state index contributed by atoms with van der Waals surface area (Å²) < 4.78 is 18.8. The van der Waals surface area contributed by atoms with Crippen molar-refractivity contribution in [3.05, 3.63) is 95.2 Å². The topological polar surface area (TPSA) is 95.7 Å². The first kappa shape index (κ1) is 23.5. The third kappa shape index (κ3) is 5.63. The number of rotatable bonds is 9. The van der Waals surface area contributed by atoms with E-state index in [9.17, 15) is 9.90 Å². The van der Waals surface area contributed by atoms with Crippen LogP contribution in [0.5, 0.6) is 0 Å². The maximum atomic E-state index is 12.7. The maximum Gasteiger partial charge on any atom is 0.378 e. The molecule has 0 saturated heterocycles. The Bertz CT molecular complexity index is 1140. The molecule has 1 N–H and O–H groups in total. The summed E-state index contributed by atoms with van der Waals surface area (Å²) in [5.74, 6) is -0.525. The number of esters is 1.